The molecule has 0 saturated carbocycles. The van der Waals surface area contributed by atoms with Gasteiger partial charge in [-0.2, -0.15) is 0 Å². The van der Waals surface area contributed by atoms with Crippen molar-refractivity contribution in [1.29, 1.82) is 0 Å². The molecule has 0 atom stereocenters. The number of ether oxygens (including phenoxy) is 2. The van der Waals surface area contributed by atoms with Gasteiger partial charge < -0.3 is 24.6 Å². The van der Waals surface area contributed by atoms with Crippen LogP contribution in [0, 0.1) is 6.92 Å². The highest BCUT2D eigenvalue weighted by molar-refractivity contribution is 5.59. The van der Waals surface area contributed by atoms with Gasteiger partial charge in [0.25, 0.3) is 0 Å². The Hall–Kier alpha value is -3.32. The average molecular weight is 434 g/mol. The van der Waals surface area contributed by atoms with Gasteiger partial charge in [0.1, 0.15) is 0 Å². The van der Waals surface area contributed by atoms with Gasteiger partial charge in [0.2, 0.25) is 5.95 Å². The zero-order valence-electron chi connectivity index (χ0n) is 19.3. The minimum absolute atomic E-state index is 0.596. The number of hydrogen-bond donors (Lipinski definition) is 1. The van der Waals surface area contributed by atoms with Crippen molar-refractivity contribution in [2.24, 2.45) is 0 Å². The van der Waals surface area contributed by atoms with Crippen LogP contribution < -0.4 is 19.7 Å². The molecule has 1 fully saturated rings. The van der Waals surface area contributed by atoms with Gasteiger partial charge in [-0.25, -0.2) is 9.97 Å². The van der Waals surface area contributed by atoms with Crippen molar-refractivity contribution in [1.82, 2.24) is 14.9 Å². The van der Waals surface area contributed by atoms with Crippen LogP contribution in [0.5, 0.6) is 11.5 Å². The topological polar surface area (TPSA) is 62.8 Å². The van der Waals surface area contributed by atoms with Crippen molar-refractivity contribution >= 4 is 17.3 Å². The number of nitrogens with zero attached hydrogens (tertiary/aromatic N) is 4. The highest BCUT2D eigenvalue weighted by Crippen LogP contribution is 2.29. The molecule has 2 heterocycles. The first kappa shape index (κ1) is 21.9. The smallest absolute Gasteiger partial charge is 0.227 e. The number of nitrogens with one attached hydrogen (secondary N) is 1. The van der Waals surface area contributed by atoms with E-state index >= 15 is 0 Å². The minimum Gasteiger partial charge on any atom is -0.493 e. The number of likely N-dealkylation sites (N-methyl/N-ethyl adjacent to an activating group) is 1. The predicted molar refractivity (Wildman–Crippen MR) is 129 cm³/mol. The van der Waals surface area contributed by atoms with E-state index in [2.05, 4.69) is 51.4 Å². The number of aryl methyl sites for hydroxylation is 1. The van der Waals surface area contributed by atoms with E-state index in [4.69, 9.17) is 14.5 Å². The normalized spacial score (nSPS) is 14.3. The van der Waals surface area contributed by atoms with Crippen molar-refractivity contribution in [3.8, 4) is 11.5 Å². The predicted octanol–water partition coefficient (Wildman–Crippen LogP) is 3.89. The van der Waals surface area contributed by atoms with Crippen LogP contribution in [0.25, 0.3) is 0 Å². The third kappa shape index (κ3) is 5.11. The van der Waals surface area contributed by atoms with Gasteiger partial charge in [0.05, 0.1) is 19.9 Å². The van der Waals surface area contributed by atoms with Gasteiger partial charge in [-0.05, 0) is 61.5 Å². The Morgan fingerprint density at radius 2 is 1.66 bits per heavy atom. The van der Waals surface area contributed by atoms with Crippen molar-refractivity contribution < 1.29 is 9.47 Å². The number of methoxy groups -OCH3 is 2. The number of rotatable bonds is 7. The summed E-state index contributed by atoms with van der Waals surface area (Å²) < 4.78 is 10.8. The molecular formula is C25H31N5O2. The fraction of sp³-hybridized carbons (Fsp3) is 0.360. The molecule has 7 nitrogen and oxygen atoms in total. The number of aromatic nitrogens is 2. The van der Waals surface area contributed by atoms with E-state index in [1.807, 2.05) is 31.3 Å². The molecule has 1 N–H and O–H groups in total. The summed E-state index contributed by atoms with van der Waals surface area (Å²) in [5, 5.41) is 3.34. The number of anilines is 3. The lowest BCUT2D eigenvalue weighted by Crippen LogP contribution is -2.44. The lowest BCUT2D eigenvalue weighted by molar-refractivity contribution is 0.313. The summed E-state index contributed by atoms with van der Waals surface area (Å²) in [6.07, 6.45) is 2.55. The molecule has 2 aromatic carbocycles. The van der Waals surface area contributed by atoms with Gasteiger partial charge in [0, 0.05) is 50.2 Å². The molecule has 3 aromatic rings. The first-order valence-electron chi connectivity index (χ1n) is 10.9. The van der Waals surface area contributed by atoms with E-state index in [0.717, 1.165) is 60.2 Å². The summed E-state index contributed by atoms with van der Waals surface area (Å²) in [7, 11) is 5.46. The van der Waals surface area contributed by atoms with Crippen LogP contribution in [0.15, 0.2) is 48.7 Å². The summed E-state index contributed by atoms with van der Waals surface area (Å²) in [5.74, 6) is 2.03. The Bertz CT molecular complexity index is 1050. The first-order valence-corrected chi connectivity index (χ1v) is 10.9. The summed E-state index contributed by atoms with van der Waals surface area (Å²) >= 11 is 0. The van der Waals surface area contributed by atoms with Gasteiger partial charge in [-0.3, -0.25) is 0 Å². The van der Waals surface area contributed by atoms with Crippen LogP contribution in [0.2, 0.25) is 0 Å². The molecule has 4 rings (SSSR count). The van der Waals surface area contributed by atoms with E-state index in [9.17, 15) is 0 Å². The molecule has 0 spiro atoms. The lowest BCUT2D eigenvalue weighted by atomic mass is 10.1. The molecule has 1 aliphatic rings. The molecule has 1 aliphatic heterocycles. The average Bonchev–Trinajstić information content (AvgIpc) is 2.82. The third-order valence-electron chi connectivity index (χ3n) is 5.89. The number of hydrogen-bond acceptors (Lipinski definition) is 7. The summed E-state index contributed by atoms with van der Waals surface area (Å²) in [6, 6.07) is 14.4. The van der Waals surface area contributed by atoms with E-state index in [1.165, 1.54) is 5.69 Å². The van der Waals surface area contributed by atoms with Crippen molar-refractivity contribution in [2.75, 3.05) is 57.7 Å². The van der Waals surface area contributed by atoms with Crippen LogP contribution in [-0.2, 0) is 6.42 Å². The molecule has 0 aliphatic carbocycles. The van der Waals surface area contributed by atoms with E-state index in [1.54, 1.807) is 14.2 Å². The Labute approximate surface area is 190 Å². The van der Waals surface area contributed by atoms with Crippen LogP contribution in [0.1, 0.15) is 16.8 Å². The molecule has 0 radical (unpaired) electrons. The zero-order valence-corrected chi connectivity index (χ0v) is 19.3. The summed E-state index contributed by atoms with van der Waals surface area (Å²) in [6.45, 7) is 6.35. The minimum atomic E-state index is 0.596. The Balaban J connectivity index is 1.46. The second-order valence-electron chi connectivity index (χ2n) is 8.15. The molecule has 168 valence electrons. The van der Waals surface area contributed by atoms with Crippen LogP contribution in [0.4, 0.5) is 17.3 Å². The Kier molecular flexibility index (Phi) is 6.75. The van der Waals surface area contributed by atoms with Gasteiger partial charge in [-0.1, -0.05) is 6.07 Å². The molecule has 1 aromatic heterocycles. The van der Waals surface area contributed by atoms with Gasteiger partial charge >= 0.3 is 0 Å². The van der Waals surface area contributed by atoms with E-state index in [0.29, 0.717) is 12.4 Å². The maximum Gasteiger partial charge on any atom is 0.227 e. The van der Waals surface area contributed by atoms with Gasteiger partial charge in [0.15, 0.2) is 11.5 Å². The highest BCUT2D eigenvalue weighted by Gasteiger charge is 2.14. The molecule has 0 amide bonds. The molecule has 0 bridgehead atoms. The first-order chi connectivity index (χ1) is 15.6. The molecule has 32 heavy (non-hydrogen) atoms. The molecule has 1 saturated heterocycles. The Morgan fingerprint density at radius 1 is 0.938 bits per heavy atom. The third-order valence-corrected chi connectivity index (χ3v) is 5.89. The maximum atomic E-state index is 5.43. The van der Waals surface area contributed by atoms with Crippen LogP contribution in [-0.4, -0.2) is 62.3 Å². The van der Waals surface area contributed by atoms with Crippen LogP contribution >= 0.6 is 0 Å². The number of piperazine rings is 1. The molecule has 7 heteroatoms. The van der Waals surface area contributed by atoms with Crippen molar-refractivity contribution in [3.63, 3.8) is 0 Å². The highest BCUT2D eigenvalue weighted by atomic mass is 16.5. The fourth-order valence-corrected chi connectivity index (χ4v) is 3.85. The lowest BCUT2D eigenvalue weighted by Gasteiger charge is -2.34. The quantitative estimate of drug-likeness (QED) is 0.606. The maximum absolute atomic E-state index is 5.43. The molecule has 0 unspecified atom stereocenters. The summed E-state index contributed by atoms with van der Waals surface area (Å²) in [5.41, 5.74) is 5.36. The second-order valence-corrected chi connectivity index (χ2v) is 8.15. The van der Waals surface area contributed by atoms with Crippen LogP contribution in [0.3, 0.4) is 0 Å². The Morgan fingerprint density at radius 3 is 2.34 bits per heavy atom. The second kappa shape index (κ2) is 9.87. The largest absolute Gasteiger partial charge is 0.493 e. The van der Waals surface area contributed by atoms with Crippen molar-refractivity contribution in [3.05, 3.63) is 65.5 Å². The zero-order chi connectivity index (χ0) is 22.5. The monoisotopic (exact) mass is 433 g/mol. The van der Waals surface area contributed by atoms with Crippen molar-refractivity contribution in [2.45, 2.75) is 13.3 Å². The van der Waals surface area contributed by atoms with Gasteiger partial charge in [-0.15, -0.1) is 0 Å². The van der Waals surface area contributed by atoms with E-state index in [-0.39, 0.29) is 0 Å². The fourth-order valence-electron chi connectivity index (χ4n) is 3.85. The van der Waals surface area contributed by atoms with E-state index < -0.39 is 0 Å². The standard InChI is InChI=1S/C25H31N5O2/c1-18-17-26-25(28-22(18)15-19-5-10-23(31-3)24(16-19)32-4)27-20-6-8-21(9-7-20)30-13-11-29(2)12-14-30/h5-10,16-17H,11-15H2,1-4H3,(H,26,27,28). The SMILES string of the molecule is COc1ccc(Cc2nc(Nc3ccc(N4CCN(C)CC4)cc3)ncc2C)cc1OC. The number of benzene rings is 2. The molecular weight excluding hydrogens is 402 g/mol. The summed E-state index contributed by atoms with van der Waals surface area (Å²) in [4.78, 5) is 14.0.